The van der Waals surface area contributed by atoms with Crippen LogP contribution in [0.15, 0.2) is 0 Å². The van der Waals surface area contributed by atoms with Gasteiger partial charge in [0.1, 0.15) is 6.04 Å². The summed E-state index contributed by atoms with van der Waals surface area (Å²) < 4.78 is 0. The Bertz CT molecular complexity index is 293. The predicted molar refractivity (Wildman–Crippen MR) is 64.4 cm³/mol. The Morgan fingerprint density at radius 3 is 2.65 bits per heavy atom. The van der Waals surface area contributed by atoms with Gasteiger partial charge in [0, 0.05) is 13.1 Å². The molecule has 5 heteroatoms. The minimum Gasteiger partial charge on any atom is -0.480 e. The molecule has 3 N–H and O–H groups in total. The fourth-order valence-electron chi connectivity index (χ4n) is 2.50. The summed E-state index contributed by atoms with van der Waals surface area (Å²) in [5.41, 5.74) is 5.59. The van der Waals surface area contributed by atoms with Crippen molar-refractivity contribution in [2.24, 2.45) is 17.6 Å². The Morgan fingerprint density at radius 1 is 1.53 bits per heavy atom. The zero-order valence-electron chi connectivity index (χ0n) is 10.6. The van der Waals surface area contributed by atoms with Crippen LogP contribution < -0.4 is 5.73 Å². The van der Waals surface area contributed by atoms with Crippen LogP contribution in [0.2, 0.25) is 0 Å². The number of likely N-dealkylation sites (tertiary alicyclic amines) is 1. The molecule has 1 amide bonds. The maximum absolute atomic E-state index is 12.2. The minimum atomic E-state index is -0.907. The summed E-state index contributed by atoms with van der Waals surface area (Å²) in [5, 5.41) is 9.16. The molecular weight excluding hydrogens is 220 g/mol. The topological polar surface area (TPSA) is 83.6 Å². The summed E-state index contributed by atoms with van der Waals surface area (Å²) in [5.74, 6) is -1.20. The molecule has 17 heavy (non-hydrogen) atoms. The molecule has 1 rings (SSSR count). The van der Waals surface area contributed by atoms with Gasteiger partial charge < -0.3 is 15.7 Å². The second-order valence-corrected chi connectivity index (χ2v) is 4.80. The molecule has 1 aliphatic heterocycles. The number of carbonyl (C=O) groups is 2. The van der Waals surface area contributed by atoms with Crippen molar-refractivity contribution in [2.45, 2.75) is 39.2 Å². The monoisotopic (exact) mass is 242 g/mol. The van der Waals surface area contributed by atoms with Crippen molar-refractivity contribution in [3.8, 4) is 0 Å². The second kappa shape index (κ2) is 6.00. The van der Waals surface area contributed by atoms with E-state index in [1.165, 1.54) is 4.90 Å². The van der Waals surface area contributed by atoms with Crippen molar-refractivity contribution in [3.05, 3.63) is 0 Å². The molecule has 0 bridgehead atoms. The average Bonchev–Trinajstić information content (AvgIpc) is 2.67. The van der Waals surface area contributed by atoms with E-state index < -0.39 is 12.0 Å². The van der Waals surface area contributed by atoms with Gasteiger partial charge in [-0.05, 0) is 18.8 Å². The SMILES string of the molecule is CCCC(CN)C(=O)N1CCC(C)C1C(=O)O. The van der Waals surface area contributed by atoms with Crippen LogP contribution in [-0.2, 0) is 9.59 Å². The summed E-state index contributed by atoms with van der Waals surface area (Å²) in [7, 11) is 0. The highest BCUT2D eigenvalue weighted by atomic mass is 16.4. The largest absolute Gasteiger partial charge is 0.480 e. The molecule has 0 saturated carbocycles. The maximum atomic E-state index is 12.2. The lowest BCUT2D eigenvalue weighted by atomic mass is 10.00. The van der Waals surface area contributed by atoms with Gasteiger partial charge in [0.25, 0.3) is 0 Å². The maximum Gasteiger partial charge on any atom is 0.326 e. The molecule has 0 aromatic rings. The van der Waals surface area contributed by atoms with Gasteiger partial charge in [0.15, 0.2) is 0 Å². The van der Waals surface area contributed by atoms with Crippen LogP contribution in [0.5, 0.6) is 0 Å². The van der Waals surface area contributed by atoms with E-state index in [1.807, 2.05) is 13.8 Å². The zero-order valence-corrected chi connectivity index (χ0v) is 10.6. The van der Waals surface area contributed by atoms with Gasteiger partial charge in [-0.2, -0.15) is 0 Å². The second-order valence-electron chi connectivity index (χ2n) is 4.80. The van der Waals surface area contributed by atoms with E-state index >= 15 is 0 Å². The Kier molecular flexibility index (Phi) is 4.93. The fourth-order valence-corrected chi connectivity index (χ4v) is 2.50. The van der Waals surface area contributed by atoms with Gasteiger partial charge in [0.05, 0.1) is 5.92 Å². The lowest BCUT2D eigenvalue weighted by Gasteiger charge is -2.27. The first-order valence-electron chi connectivity index (χ1n) is 6.26. The van der Waals surface area contributed by atoms with Gasteiger partial charge in [0.2, 0.25) is 5.91 Å². The first kappa shape index (κ1) is 14.0. The van der Waals surface area contributed by atoms with Crippen molar-refractivity contribution in [3.63, 3.8) is 0 Å². The first-order chi connectivity index (χ1) is 8.02. The van der Waals surface area contributed by atoms with Crippen LogP contribution in [0.1, 0.15) is 33.1 Å². The normalized spacial score (nSPS) is 25.9. The third kappa shape index (κ3) is 2.97. The zero-order chi connectivity index (χ0) is 13.0. The van der Waals surface area contributed by atoms with Crippen molar-refractivity contribution in [2.75, 3.05) is 13.1 Å². The highest BCUT2D eigenvalue weighted by Crippen LogP contribution is 2.26. The van der Waals surface area contributed by atoms with Crippen LogP contribution in [0.3, 0.4) is 0 Å². The number of carboxylic acid groups (broad SMARTS) is 1. The van der Waals surface area contributed by atoms with Crippen LogP contribution in [0.25, 0.3) is 0 Å². The number of hydrogen-bond acceptors (Lipinski definition) is 3. The first-order valence-corrected chi connectivity index (χ1v) is 6.26. The molecule has 5 nitrogen and oxygen atoms in total. The third-order valence-electron chi connectivity index (χ3n) is 3.51. The minimum absolute atomic E-state index is 0.0245. The van der Waals surface area contributed by atoms with Crippen molar-refractivity contribution >= 4 is 11.9 Å². The lowest BCUT2D eigenvalue weighted by molar-refractivity contribution is -0.151. The van der Waals surface area contributed by atoms with Crippen LogP contribution in [0, 0.1) is 11.8 Å². The van der Waals surface area contributed by atoms with Gasteiger partial charge in [-0.15, -0.1) is 0 Å². The van der Waals surface area contributed by atoms with Crippen molar-refractivity contribution in [1.82, 2.24) is 4.90 Å². The number of carbonyl (C=O) groups excluding carboxylic acids is 1. The van der Waals surface area contributed by atoms with E-state index in [4.69, 9.17) is 10.8 Å². The highest BCUT2D eigenvalue weighted by molar-refractivity contribution is 5.86. The van der Waals surface area contributed by atoms with Gasteiger partial charge in [-0.1, -0.05) is 20.3 Å². The summed E-state index contributed by atoms with van der Waals surface area (Å²) >= 11 is 0. The lowest BCUT2D eigenvalue weighted by Crippen LogP contribution is -2.46. The number of rotatable bonds is 5. The number of hydrogen-bond donors (Lipinski definition) is 2. The standard InChI is InChI=1S/C12H22N2O3/c1-3-4-9(7-13)11(15)14-6-5-8(2)10(14)12(16)17/h8-10H,3-7,13H2,1-2H3,(H,16,17). The van der Waals surface area contributed by atoms with E-state index in [9.17, 15) is 9.59 Å². The van der Waals surface area contributed by atoms with E-state index in [0.717, 1.165) is 19.3 Å². The molecule has 0 aliphatic carbocycles. The van der Waals surface area contributed by atoms with Crippen LogP contribution in [0.4, 0.5) is 0 Å². The van der Waals surface area contributed by atoms with E-state index in [0.29, 0.717) is 13.1 Å². The Labute approximate surface area is 102 Å². The Hall–Kier alpha value is -1.10. The predicted octanol–water partition coefficient (Wildman–Crippen LogP) is 0.683. The summed E-state index contributed by atoms with van der Waals surface area (Å²) in [6, 6.07) is -0.673. The summed E-state index contributed by atoms with van der Waals surface area (Å²) in [4.78, 5) is 24.9. The molecule has 1 saturated heterocycles. The molecule has 0 aromatic heterocycles. The van der Waals surface area contributed by atoms with Gasteiger partial charge >= 0.3 is 5.97 Å². The average molecular weight is 242 g/mol. The van der Waals surface area contributed by atoms with Crippen molar-refractivity contribution in [1.29, 1.82) is 0 Å². The third-order valence-corrected chi connectivity index (χ3v) is 3.51. The smallest absolute Gasteiger partial charge is 0.326 e. The van der Waals surface area contributed by atoms with E-state index in [2.05, 4.69) is 0 Å². The molecule has 1 heterocycles. The number of amides is 1. The molecule has 3 atom stereocenters. The molecule has 0 spiro atoms. The number of aliphatic carboxylic acids is 1. The molecule has 0 radical (unpaired) electrons. The van der Waals surface area contributed by atoms with E-state index in [-0.39, 0.29) is 17.7 Å². The van der Waals surface area contributed by atoms with Crippen LogP contribution in [-0.4, -0.2) is 41.0 Å². The van der Waals surface area contributed by atoms with Crippen molar-refractivity contribution < 1.29 is 14.7 Å². The Morgan fingerprint density at radius 2 is 2.18 bits per heavy atom. The van der Waals surface area contributed by atoms with Crippen LogP contribution >= 0.6 is 0 Å². The quantitative estimate of drug-likeness (QED) is 0.742. The molecule has 1 fully saturated rings. The highest BCUT2D eigenvalue weighted by Gasteiger charge is 2.40. The summed E-state index contributed by atoms with van der Waals surface area (Å²) in [6.07, 6.45) is 2.37. The Balaban J connectivity index is 2.77. The number of nitrogens with two attached hydrogens (primary N) is 1. The summed E-state index contributed by atoms with van der Waals surface area (Å²) in [6.45, 7) is 4.71. The molecule has 98 valence electrons. The molecular formula is C12H22N2O3. The van der Waals surface area contributed by atoms with Gasteiger partial charge in [-0.25, -0.2) is 4.79 Å². The molecule has 0 aromatic carbocycles. The van der Waals surface area contributed by atoms with E-state index in [1.54, 1.807) is 0 Å². The molecule has 3 unspecified atom stereocenters. The fraction of sp³-hybridized carbons (Fsp3) is 0.833. The molecule has 1 aliphatic rings. The van der Waals surface area contributed by atoms with Gasteiger partial charge in [-0.3, -0.25) is 4.79 Å². The number of carboxylic acids is 1. The number of nitrogens with zero attached hydrogens (tertiary/aromatic N) is 1.